The van der Waals surface area contributed by atoms with Gasteiger partial charge in [0.1, 0.15) is 5.78 Å². The predicted octanol–water partition coefficient (Wildman–Crippen LogP) is 4.21. The van der Waals surface area contributed by atoms with Crippen LogP contribution in [0, 0.1) is 11.3 Å². The molecular weight excluding hydrogens is 250 g/mol. The molecule has 1 aliphatic rings. The van der Waals surface area contributed by atoms with Crippen molar-refractivity contribution in [1.29, 1.82) is 0 Å². The van der Waals surface area contributed by atoms with E-state index in [0.29, 0.717) is 18.1 Å². The Balaban J connectivity index is 2.69. The number of carbonyl (C=O) groups excluding carboxylic acids is 1. The highest BCUT2D eigenvalue weighted by molar-refractivity contribution is 5.83. The lowest BCUT2D eigenvalue weighted by Gasteiger charge is -2.53. The highest BCUT2D eigenvalue weighted by Gasteiger charge is 2.45. The average molecular weight is 283 g/mol. The third kappa shape index (κ3) is 4.05. The second-order valence-corrected chi connectivity index (χ2v) is 8.59. The van der Waals surface area contributed by atoms with E-state index in [-0.39, 0.29) is 16.5 Å². The molecule has 3 heteroatoms. The van der Waals surface area contributed by atoms with Gasteiger partial charge in [-0.3, -0.25) is 4.79 Å². The molecule has 0 bridgehead atoms. The maximum atomic E-state index is 12.1. The van der Waals surface area contributed by atoms with Crippen LogP contribution >= 0.6 is 0 Å². The SMILES string of the molecule is CON1C(C)(C)CC(CCC(=O)C(C)(C)C)CC1(C)C. The molecule has 0 aromatic rings. The molecule has 0 amide bonds. The summed E-state index contributed by atoms with van der Waals surface area (Å²) in [5, 5.41) is 2.13. The summed E-state index contributed by atoms with van der Waals surface area (Å²) in [7, 11) is 1.76. The molecule has 20 heavy (non-hydrogen) atoms. The predicted molar refractivity (Wildman–Crippen MR) is 83.4 cm³/mol. The second-order valence-electron chi connectivity index (χ2n) is 8.59. The van der Waals surface area contributed by atoms with Crippen LogP contribution < -0.4 is 0 Å². The Kier molecular flexibility index (Phi) is 5.08. The standard InChI is InChI=1S/C17H33NO2/c1-15(2,3)14(19)10-9-13-11-16(4,5)18(20-8)17(6,7)12-13/h13H,9-12H2,1-8H3. The number of Topliss-reactive ketones (excluding diaryl/α,β-unsaturated/α-hetero) is 1. The fraction of sp³-hybridized carbons (Fsp3) is 0.941. The number of rotatable bonds is 4. The molecule has 1 rings (SSSR count). The van der Waals surface area contributed by atoms with E-state index in [2.05, 4.69) is 32.8 Å². The Bertz CT molecular complexity index is 334. The summed E-state index contributed by atoms with van der Waals surface area (Å²) >= 11 is 0. The third-order valence-corrected chi connectivity index (χ3v) is 4.47. The number of hydrogen-bond acceptors (Lipinski definition) is 3. The van der Waals surface area contributed by atoms with Crippen LogP contribution in [-0.4, -0.2) is 29.0 Å². The van der Waals surface area contributed by atoms with E-state index < -0.39 is 0 Å². The van der Waals surface area contributed by atoms with Gasteiger partial charge in [-0.15, -0.1) is 0 Å². The zero-order chi connectivity index (χ0) is 15.8. The summed E-state index contributed by atoms with van der Waals surface area (Å²) in [5.41, 5.74) is -0.170. The van der Waals surface area contributed by atoms with Crippen molar-refractivity contribution in [3.63, 3.8) is 0 Å². The van der Waals surface area contributed by atoms with Gasteiger partial charge in [-0.1, -0.05) is 20.8 Å². The number of piperidine rings is 1. The highest BCUT2D eigenvalue weighted by Crippen LogP contribution is 2.43. The minimum atomic E-state index is -0.210. The van der Waals surface area contributed by atoms with Gasteiger partial charge >= 0.3 is 0 Å². The first-order valence-electron chi connectivity index (χ1n) is 7.78. The number of hydrogen-bond donors (Lipinski definition) is 0. The monoisotopic (exact) mass is 283 g/mol. The molecule has 0 unspecified atom stereocenters. The summed E-state index contributed by atoms with van der Waals surface area (Å²) in [6.45, 7) is 15.0. The Labute approximate surface area is 125 Å². The van der Waals surface area contributed by atoms with Gasteiger partial charge in [0.05, 0.1) is 7.11 Å². The Morgan fingerprint density at radius 3 is 1.95 bits per heavy atom. The van der Waals surface area contributed by atoms with E-state index in [1.54, 1.807) is 7.11 Å². The molecule has 1 saturated heterocycles. The molecule has 0 spiro atoms. The van der Waals surface area contributed by atoms with Crippen LogP contribution in [0.2, 0.25) is 0 Å². The van der Waals surface area contributed by atoms with Crippen LogP contribution in [0.25, 0.3) is 0 Å². The molecule has 0 aliphatic carbocycles. The second kappa shape index (κ2) is 5.76. The first-order valence-corrected chi connectivity index (χ1v) is 7.78. The minimum Gasteiger partial charge on any atom is -0.301 e. The average Bonchev–Trinajstić information content (AvgIpc) is 2.21. The van der Waals surface area contributed by atoms with Crippen molar-refractivity contribution >= 4 is 5.78 Å². The fourth-order valence-electron chi connectivity index (χ4n) is 3.88. The number of nitrogens with zero attached hydrogens (tertiary/aromatic N) is 1. The smallest absolute Gasteiger partial charge is 0.138 e. The minimum absolute atomic E-state index is 0.0198. The Morgan fingerprint density at radius 2 is 1.60 bits per heavy atom. The number of hydroxylamine groups is 2. The van der Waals surface area contributed by atoms with Crippen molar-refractivity contribution in [1.82, 2.24) is 5.06 Å². The van der Waals surface area contributed by atoms with E-state index >= 15 is 0 Å². The van der Waals surface area contributed by atoms with E-state index in [9.17, 15) is 4.79 Å². The summed E-state index contributed by atoms with van der Waals surface area (Å²) in [5.74, 6) is 0.972. The van der Waals surface area contributed by atoms with Crippen LogP contribution in [0.5, 0.6) is 0 Å². The molecule has 1 fully saturated rings. The quantitative estimate of drug-likeness (QED) is 0.774. The largest absolute Gasteiger partial charge is 0.301 e. The zero-order valence-electron chi connectivity index (χ0n) is 14.7. The maximum absolute atomic E-state index is 12.1. The lowest BCUT2D eigenvalue weighted by Crippen LogP contribution is -2.59. The zero-order valence-corrected chi connectivity index (χ0v) is 14.7. The highest BCUT2D eigenvalue weighted by atomic mass is 16.7. The third-order valence-electron chi connectivity index (χ3n) is 4.47. The summed E-state index contributed by atoms with van der Waals surface area (Å²) < 4.78 is 0. The molecule has 0 radical (unpaired) electrons. The van der Waals surface area contributed by atoms with Crippen LogP contribution in [0.4, 0.5) is 0 Å². The van der Waals surface area contributed by atoms with E-state index in [4.69, 9.17) is 4.84 Å². The van der Waals surface area contributed by atoms with Crippen LogP contribution in [0.1, 0.15) is 74.1 Å². The van der Waals surface area contributed by atoms with Gasteiger partial charge in [0.25, 0.3) is 0 Å². The Morgan fingerprint density at radius 1 is 1.15 bits per heavy atom. The molecular formula is C17H33NO2. The van der Waals surface area contributed by atoms with Crippen molar-refractivity contribution in [2.75, 3.05) is 7.11 Å². The van der Waals surface area contributed by atoms with Crippen LogP contribution in [-0.2, 0) is 9.63 Å². The van der Waals surface area contributed by atoms with E-state index in [0.717, 1.165) is 19.3 Å². The van der Waals surface area contributed by atoms with Gasteiger partial charge in [-0.25, -0.2) is 0 Å². The van der Waals surface area contributed by atoms with E-state index in [1.165, 1.54) is 0 Å². The Hall–Kier alpha value is -0.410. The van der Waals surface area contributed by atoms with E-state index in [1.807, 2.05) is 20.8 Å². The van der Waals surface area contributed by atoms with Crippen molar-refractivity contribution in [3.05, 3.63) is 0 Å². The first-order chi connectivity index (χ1) is 8.90. The molecule has 0 N–H and O–H groups in total. The van der Waals surface area contributed by atoms with Crippen LogP contribution in [0.15, 0.2) is 0 Å². The molecule has 0 aromatic heterocycles. The molecule has 1 aliphatic heterocycles. The van der Waals surface area contributed by atoms with Gasteiger partial charge in [0, 0.05) is 22.9 Å². The topological polar surface area (TPSA) is 29.5 Å². The number of ketones is 1. The van der Waals surface area contributed by atoms with Crippen molar-refractivity contribution in [2.45, 2.75) is 85.2 Å². The molecule has 1 heterocycles. The molecule has 118 valence electrons. The number of carbonyl (C=O) groups is 1. The molecule has 0 saturated carbocycles. The van der Waals surface area contributed by atoms with Gasteiger partial charge in [-0.05, 0) is 52.9 Å². The van der Waals surface area contributed by atoms with Gasteiger partial charge < -0.3 is 4.84 Å². The normalized spacial score (nSPS) is 23.8. The van der Waals surface area contributed by atoms with Crippen LogP contribution in [0.3, 0.4) is 0 Å². The van der Waals surface area contributed by atoms with Crippen molar-refractivity contribution in [2.24, 2.45) is 11.3 Å². The van der Waals surface area contributed by atoms with Crippen molar-refractivity contribution < 1.29 is 9.63 Å². The first kappa shape index (κ1) is 17.6. The van der Waals surface area contributed by atoms with Gasteiger partial charge in [-0.2, -0.15) is 5.06 Å². The molecule has 0 atom stereocenters. The lowest BCUT2D eigenvalue weighted by molar-refractivity contribution is -0.272. The van der Waals surface area contributed by atoms with Crippen molar-refractivity contribution in [3.8, 4) is 0 Å². The molecule has 0 aromatic carbocycles. The van der Waals surface area contributed by atoms with Gasteiger partial charge in [0.2, 0.25) is 0 Å². The lowest BCUT2D eigenvalue weighted by atomic mass is 9.73. The van der Waals surface area contributed by atoms with Gasteiger partial charge in [0.15, 0.2) is 0 Å². The summed E-state index contributed by atoms with van der Waals surface area (Å²) in [6, 6.07) is 0. The summed E-state index contributed by atoms with van der Waals surface area (Å²) in [4.78, 5) is 17.7. The maximum Gasteiger partial charge on any atom is 0.138 e. The fourth-order valence-corrected chi connectivity index (χ4v) is 3.88. The summed E-state index contributed by atoms with van der Waals surface area (Å²) in [6.07, 6.45) is 3.87. The molecule has 3 nitrogen and oxygen atoms in total.